The highest BCUT2D eigenvalue weighted by Gasteiger charge is 2.52. The highest BCUT2D eigenvalue weighted by molar-refractivity contribution is 5.76. The summed E-state index contributed by atoms with van der Waals surface area (Å²) in [5, 5.41) is 27.9. The first-order valence-electron chi connectivity index (χ1n) is 8.69. The summed E-state index contributed by atoms with van der Waals surface area (Å²) in [4.78, 5) is 14.0. The molecule has 0 unspecified atom stereocenters. The highest BCUT2D eigenvalue weighted by Crippen LogP contribution is 2.52. The number of aliphatic carboxylic acids is 1. The van der Waals surface area contributed by atoms with Crippen molar-refractivity contribution < 1.29 is 15.0 Å². The molecule has 0 atom stereocenters. The van der Waals surface area contributed by atoms with Crippen LogP contribution in [0.3, 0.4) is 0 Å². The van der Waals surface area contributed by atoms with Gasteiger partial charge in [0.2, 0.25) is 0 Å². The Balaban J connectivity index is 1.55. The highest BCUT2D eigenvalue weighted by atomic mass is 16.4. The van der Waals surface area contributed by atoms with Crippen LogP contribution in [0, 0.1) is 11.3 Å². The fourth-order valence-electron chi connectivity index (χ4n) is 3.95. The lowest BCUT2D eigenvalue weighted by Gasteiger charge is -2.40. The number of hydrogen-bond donors (Lipinski definition) is 2. The Labute approximate surface area is 146 Å². The van der Waals surface area contributed by atoms with E-state index in [-0.39, 0.29) is 5.75 Å². The summed E-state index contributed by atoms with van der Waals surface area (Å²) < 4.78 is 0. The zero-order chi connectivity index (χ0) is 17.4. The van der Waals surface area contributed by atoms with Gasteiger partial charge in [-0.2, -0.15) is 10.2 Å². The number of carboxylic acid groups (broad SMARTS) is 1. The van der Waals surface area contributed by atoms with Gasteiger partial charge in [-0.1, -0.05) is 12.1 Å². The predicted octanol–water partition coefficient (Wildman–Crippen LogP) is 2.93. The Morgan fingerprint density at radius 2 is 1.92 bits per heavy atom. The van der Waals surface area contributed by atoms with Crippen LogP contribution in [0.25, 0.3) is 11.3 Å². The standard InChI is InChI=1S/C19H21N3O3/c23-17-4-2-1-3-15(17)16-11-14(12-20-21-16)22-9-7-19(8-10-22,18(24)25)13-5-6-13/h1-4,11-13,23H,5-10H2,(H,24,25). The van der Waals surface area contributed by atoms with Gasteiger partial charge in [0, 0.05) is 18.7 Å². The molecule has 2 fully saturated rings. The molecule has 4 rings (SSSR count). The number of para-hydroxylation sites is 1. The molecule has 25 heavy (non-hydrogen) atoms. The molecule has 1 saturated carbocycles. The Hall–Kier alpha value is -2.63. The van der Waals surface area contributed by atoms with Crippen molar-refractivity contribution in [3.63, 3.8) is 0 Å². The third kappa shape index (κ3) is 2.81. The molecular weight excluding hydrogens is 318 g/mol. The summed E-state index contributed by atoms with van der Waals surface area (Å²) >= 11 is 0. The van der Waals surface area contributed by atoms with Crippen LogP contribution in [-0.4, -0.2) is 39.5 Å². The van der Waals surface area contributed by atoms with Crippen molar-refractivity contribution in [3.05, 3.63) is 36.5 Å². The molecule has 0 radical (unpaired) electrons. The van der Waals surface area contributed by atoms with Gasteiger partial charge in [-0.15, -0.1) is 0 Å². The van der Waals surface area contributed by atoms with Crippen molar-refractivity contribution >= 4 is 11.7 Å². The lowest BCUT2D eigenvalue weighted by atomic mass is 9.74. The number of aromatic nitrogens is 2. The zero-order valence-electron chi connectivity index (χ0n) is 13.9. The van der Waals surface area contributed by atoms with E-state index in [0.29, 0.717) is 43.1 Å². The van der Waals surface area contributed by atoms with Gasteiger partial charge < -0.3 is 15.1 Å². The minimum atomic E-state index is -0.641. The van der Waals surface area contributed by atoms with Gasteiger partial charge >= 0.3 is 5.97 Å². The summed E-state index contributed by atoms with van der Waals surface area (Å²) in [6, 6.07) is 8.96. The Bertz CT molecular complexity index is 796. The first-order valence-corrected chi connectivity index (χ1v) is 8.69. The SMILES string of the molecule is O=C(O)C1(C2CC2)CCN(c2cnnc(-c3ccccc3O)c2)CC1. The van der Waals surface area contributed by atoms with Crippen LogP contribution in [0.15, 0.2) is 36.5 Å². The van der Waals surface area contributed by atoms with Gasteiger partial charge in [0.25, 0.3) is 0 Å². The average molecular weight is 339 g/mol. The molecule has 130 valence electrons. The molecule has 0 amide bonds. The van der Waals surface area contributed by atoms with E-state index in [0.717, 1.165) is 18.5 Å². The van der Waals surface area contributed by atoms with E-state index in [9.17, 15) is 15.0 Å². The van der Waals surface area contributed by atoms with Crippen LogP contribution >= 0.6 is 0 Å². The van der Waals surface area contributed by atoms with Gasteiger partial charge in [0.1, 0.15) is 5.75 Å². The Kier molecular flexibility index (Phi) is 3.82. The molecule has 1 aliphatic carbocycles. The molecule has 6 nitrogen and oxygen atoms in total. The molecule has 1 aromatic carbocycles. The number of phenols is 1. The number of piperidine rings is 1. The van der Waals surface area contributed by atoms with Crippen LogP contribution in [-0.2, 0) is 4.79 Å². The quantitative estimate of drug-likeness (QED) is 0.891. The van der Waals surface area contributed by atoms with Crippen LogP contribution < -0.4 is 4.90 Å². The van der Waals surface area contributed by atoms with E-state index in [2.05, 4.69) is 15.1 Å². The maximum absolute atomic E-state index is 11.8. The number of nitrogens with zero attached hydrogens (tertiary/aromatic N) is 3. The minimum Gasteiger partial charge on any atom is -0.507 e. The van der Waals surface area contributed by atoms with Gasteiger partial charge in [0.05, 0.1) is 23.0 Å². The normalized spacial score (nSPS) is 19.6. The van der Waals surface area contributed by atoms with E-state index >= 15 is 0 Å². The lowest BCUT2D eigenvalue weighted by molar-refractivity contribution is -0.151. The van der Waals surface area contributed by atoms with E-state index in [1.807, 2.05) is 18.2 Å². The van der Waals surface area contributed by atoms with Crippen molar-refractivity contribution in [3.8, 4) is 17.0 Å². The predicted molar refractivity (Wildman–Crippen MR) is 93.4 cm³/mol. The monoisotopic (exact) mass is 339 g/mol. The van der Waals surface area contributed by atoms with Crippen LogP contribution in [0.1, 0.15) is 25.7 Å². The Morgan fingerprint density at radius 1 is 1.20 bits per heavy atom. The second-order valence-electron chi connectivity index (χ2n) is 7.04. The lowest BCUT2D eigenvalue weighted by Crippen LogP contribution is -2.45. The average Bonchev–Trinajstić information content (AvgIpc) is 3.48. The molecule has 1 aromatic heterocycles. The molecule has 0 bridgehead atoms. The van der Waals surface area contributed by atoms with Gasteiger partial charge in [0.15, 0.2) is 0 Å². The second kappa shape index (κ2) is 6.02. The van der Waals surface area contributed by atoms with Crippen LogP contribution in [0.4, 0.5) is 5.69 Å². The molecule has 6 heteroatoms. The largest absolute Gasteiger partial charge is 0.507 e. The van der Waals surface area contributed by atoms with E-state index in [1.54, 1.807) is 18.3 Å². The van der Waals surface area contributed by atoms with E-state index < -0.39 is 11.4 Å². The van der Waals surface area contributed by atoms with Gasteiger partial charge in [-0.3, -0.25) is 4.79 Å². The maximum Gasteiger partial charge on any atom is 0.310 e. The summed E-state index contributed by atoms with van der Waals surface area (Å²) in [6.07, 6.45) is 5.12. The molecule has 2 heterocycles. The smallest absolute Gasteiger partial charge is 0.310 e. The minimum absolute atomic E-state index is 0.172. The molecule has 2 aromatic rings. The maximum atomic E-state index is 11.8. The van der Waals surface area contributed by atoms with Gasteiger partial charge in [-0.05, 0) is 49.8 Å². The fraction of sp³-hybridized carbons (Fsp3) is 0.421. The summed E-state index contributed by atoms with van der Waals surface area (Å²) in [5.41, 5.74) is 1.64. The summed E-state index contributed by atoms with van der Waals surface area (Å²) in [6.45, 7) is 1.41. The van der Waals surface area contributed by atoms with Crippen molar-refractivity contribution in [2.75, 3.05) is 18.0 Å². The summed E-state index contributed by atoms with van der Waals surface area (Å²) in [7, 11) is 0. The number of phenolic OH excluding ortho intramolecular Hbond substituents is 1. The number of rotatable bonds is 4. The topological polar surface area (TPSA) is 86.5 Å². The number of anilines is 1. The first-order chi connectivity index (χ1) is 12.1. The molecule has 1 aliphatic heterocycles. The van der Waals surface area contributed by atoms with Crippen LogP contribution in [0.5, 0.6) is 5.75 Å². The van der Waals surface area contributed by atoms with Crippen molar-refractivity contribution in [1.29, 1.82) is 0 Å². The third-order valence-electron chi connectivity index (χ3n) is 5.63. The molecule has 1 saturated heterocycles. The fourth-order valence-corrected chi connectivity index (χ4v) is 3.95. The second-order valence-corrected chi connectivity index (χ2v) is 7.04. The van der Waals surface area contributed by atoms with E-state index in [1.165, 1.54) is 0 Å². The number of carboxylic acids is 1. The van der Waals surface area contributed by atoms with E-state index in [4.69, 9.17) is 0 Å². The summed E-state index contributed by atoms with van der Waals surface area (Å²) in [5.74, 6) is -0.122. The number of aromatic hydroxyl groups is 1. The van der Waals surface area contributed by atoms with Crippen LogP contribution in [0.2, 0.25) is 0 Å². The molecule has 0 spiro atoms. The van der Waals surface area contributed by atoms with Crippen molar-refractivity contribution in [2.24, 2.45) is 11.3 Å². The van der Waals surface area contributed by atoms with Crippen molar-refractivity contribution in [2.45, 2.75) is 25.7 Å². The first kappa shape index (κ1) is 15.9. The molecule has 2 N–H and O–H groups in total. The molecule has 2 aliphatic rings. The van der Waals surface area contributed by atoms with Gasteiger partial charge in [-0.25, -0.2) is 0 Å². The Morgan fingerprint density at radius 3 is 2.56 bits per heavy atom. The number of benzene rings is 1. The number of carbonyl (C=O) groups is 1. The molecular formula is C19H21N3O3. The third-order valence-corrected chi connectivity index (χ3v) is 5.63. The zero-order valence-corrected chi connectivity index (χ0v) is 13.9. The number of hydrogen-bond acceptors (Lipinski definition) is 5. The van der Waals surface area contributed by atoms with Crippen molar-refractivity contribution in [1.82, 2.24) is 10.2 Å².